The topological polar surface area (TPSA) is 32.3 Å². The molecule has 2 aliphatic heterocycles. The molecule has 3 nitrogen and oxygen atoms in total. The molecule has 1 saturated heterocycles. The molecular formula is C14H18N2O. The molecule has 1 aromatic carbocycles. The maximum atomic E-state index is 12.3. The third-order valence-corrected chi connectivity index (χ3v) is 3.78. The predicted octanol–water partition coefficient (Wildman–Crippen LogP) is 2.14. The number of anilines is 1. The molecule has 0 bridgehead atoms. The number of amides is 1. The maximum absolute atomic E-state index is 12.3. The summed E-state index contributed by atoms with van der Waals surface area (Å²) in [6.45, 7) is 5.01. The van der Waals surface area contributed by atoms with Crippen molar-refractivity contribution in [1.29, 1.82) is 0 Å². The molecule has 3 rings (SSSR count). The van der Waals surface area contributed by atoms with Crippen molar-refractivity contribution < 1.29 is 4.79 Å². The monoisotopic (exact) mass is 230 g/mol. The van der Waals surface area contributed by atoms with E-state index in [0.717, 1.165) is 43.7 Å². The average molecular weight is 230 g/mol. The van der Waals surface area contributed by atoms with Crippen LogP contribution in [-0.2, 0) is 6.42 Å². The van der Waals surface area contributed by atoms with Gasteiger partial charge in [-0.05, 0) is 36.5 Å². The highest BCUT2D eigenvalue weighted by molar-refractivity contribution is 5.95. The summed E-state index contributed by atoms with van der Waals surface area (Å²) in [7, 11) is 0. The Bertz CT molecular complexity index is 456. The van der Waals surface area contributed by atoms with Gasteiger partial charge >= 0.3 is 0 Å². The predicted molar refractivity (Wildman–Crippen MR) is 68.3 cm³/mol. The third kappa shape index (κ3) is 1.90. The molecule has 1 N–H and O–H groups in total. The molecule has 1 aromatic rings. The van der Waals surface area contributed by atoms with E-state index in [4.69, 9.17) is 0 Å². The number of rotatable bonds is 1. The van der Waals surface area contributed by atoms with Gasteiger partial charge in [0.25, 0.3) is 5.91 Å². The van der Waals surface area contributed by atoms with E-state index in [1.807, 2.05) is 17.0 Å². The second-order valence-corrected chi connectivity index (χ2v) is 5.19. The highest BCUT2D eigenvalue weighted by Gasteiger charge is 2.24. The number of nitrogens with zero attached hydrogens (tertiary/aromatic N) is 1. The third-order valence-electron chi connectivity index (χ3n) is 3.78. The van der Waals surface area contributed by atoms with Crippen LogP contribution in [0.3, 0.4) is 0 Å². The van der Waals surface area contributed by atoms with Crippen LogP contribution in [-0.4, -0.2) is 30.4 Å². The zero-order valence-corrected chi connectivity index (χ0v) is 10.2. The first-order chi connectivity index (χ1) is 8.24. The molecule has 0 spiro atoms. The molecule has 0 aliphatic carbocycles. The Morgan fingerprint density at radius 3 is 3.12 bits per heavy atom. The summed E-state index contributed by atoms with van der Waals surface area (Å²) in [6.07, 6.45) is 2.21. The Morgan fingerprint density at radius 1 is 1.47 bits per heavy atom. The molecule has 0 aromatic heterocycles. The molecule has 2 heterocycles. The van der Waals surface area contributed by atoms with Crippen LogP contribution in [0.2, 0.25) is 0 Å². The first kappa shape index (κ1) is 10.6. The van der Waals surface area contributed by atoms with Gasteiger partial charge in [-0.3, -0.25) is 4.79 Å². The molecule has 3 heteroatoms. The number of fused-ring (bicyclic) bond motifs is 1. The van der Waals surface area contributed by atoms with E-state index >= 15 is 0 Å². The van der Waals surface area contributed by atoms with Gasteiger partial charge in [0, 0.05) is 30.9 Å². The lowest BCUT2D eigenvalue weighted by atomic mass is 10.1. The molecular weight excluding hydrogens is 212 g/mol. The van der Waals surface area contributed by atoms with Crippen LogP contribution in [0.25, 0.3) is 0 Å². The lowest BCUT2D eigenvalue weighted by Gasteiger charge is -2.16. The van der Waals surface area contributed by atoms with Crippen LogP contribution in [0.5, 0.6) is 0 Å². The Hall–Kier alpha value is -1.51. The van der Waals surface area contributed by atoms with Crippen LogP contribution in [0.4, 0.5) is 5.69 Å². The van der Waals surface area contributed by atoms with Crippen molar-refractivity contribution >= 4 is 11.6 Å². The average Bonchev–Trinajstić information content (AvgIpc) is 2.95. The molecule has 0 radical (unpaired) electrons. The van der Waals surface area contributed by atoms with Gasteiger partial charge in [-0.15, -0.1) is 0 Å². The van der Waals surface area contributed by atoms with Crippen molar-refractivity contribution in [1.82, 2.24) is 4.90 Å². The number of benzene rings is 1. The lowest BCUT2D eigenvalue weighted by Crippen LogP contribution is -2.28. The minimum absolute atomic E-state index is 0.186. The van der Waals surface area contributed by atoms with Gasteiger partial charge in [0.1, 0.15) is 0 Å². The molecule has 1 atom stereocenters. The zero-order chi connectivity index (χ0) is 11.8. The van der Waals surface area contributed by atoms with Gasteiger partial charge in [-0.25, -0.2) is 0 Å². The number of hydrogen-bond donors (Lipinski definition) is 1. The summed E-state index contributed by atoms with van der Waals surface area (Å²) in [5.41, 5.74) is 3.30. The summed E-state index contributed by atoms with van der Waals surface area (Å²) < 4.78 is 0. The Kier molecular flexibility index (Phi) is 2.54. The van der Waals surface area contributed by atoms with Crippen LogP contribution >= 0.6 is 0 Å². The smallest absolute Gasteiger partial charge is 0.253 e. The van der Waals surface area contributed by atoms with Crippen LogP contribution in [0.15, 0.2) is 18.2 Å². The normalized spacial score (nSPS) is 22.4. The summed E-state index contributed by atoms with van der Waals surface area (Å²) in [6, 6.07) is 6.06. The van der Waals surface area contributed by atoms with E-state index in [9.17, 15) is 4.79 Å². The molecule has 1 amide bonds. The molecule has 1 unspecified atom stereocenters. The fraction of sp³-hybridized carbons (Fsp3) is 0.500. The summed E-state index contributed by atoms with van der Waals surface area (Å²) in [4.78, 5) is 14.3. The van der Waals surface area contributed by atoms with Crippen LogP contribution in [0.1, 0.15) is 29.3 Å². The number of hydrogen-bond acceptors (Lipinski definition) is 2. The first-order valence-electron chi connectivity index (χ1n) is 6.40. The molecule has 17 heavy (non-hydrogen) atoms. The Labute approximate surface area is 102 Å². The largest absolute Gasteiger partial charge is 0.384 e. The van der Waals surface area contributed by atoms with E-state index in [1.165, 1.54) is 5.56 Å². The highest BCUT2D eigenvalue weighted by Crippen LogP contribution is 2.25. The minimum Gasteiger partial charge on any atom is -0.384 e. The van der Waals surface area contributed by atoms with Gasteiger partial charge in [0.15, 0.2) is 0 Å². The molecule has 0 saturated carbocycles. The molecule has 2 aliphatic rings. The van der Waals surface area contributed by atoms with Gasteiger partial charge in [0.2, 0.25) is 0 Å². The number of carbonyl (C=O) groups excluding carboxylic acids is 1. The van der Waals surface area contributed by atoms with Crippen molar-refractivity contribution in [2.45, 2.75) is 19.8 Å². The molecule has 90 valence electrons. The highest BCUT2D eigenvalue weighted by atomic mass is 16.2. The Morgan fingerprint density at radius 2 is 2.35 bits per heavy atom. The SMILES string of the molecule is CC1CCN(C(=O)c2ccc3c(c2)NCC3)C1. The number of likely N-dealkylation sites (tertiary alicyclic amines) is 1. The van der Waals surface area contributed by atoms with E-state index in [-0.39, 0.29) is 5.91 Å². The van der Waals surface area contributed by atoms with Gasteiger partial charge in [0.05, 0.1) is 0 Å². The van der Waals surface area contributed by atoms with Crippen molar-refractivity contribution in [2.24, 2.45) is 5.92 Å². The molecule has 1 fully saturated rings. The van der Waals surface area contributed by atoms with E-state index in [2.05, 4.69) is 18.3 Å². The van der Waals surface area contributed by atoms with E-state index in [1.54, 1.807) is 0 Å². The van der Waals surface area contributed by atoms with Crippen molar-refractivity contribution in [2.75, 3.05) is 25.0 Å². The lowest BCUT2D eigenvalue weighted by molar-refractivity contribution is 0.0788. The Balaban J connectivity index is 1.82. The van der Waals surface area contributed by atoms with Gasteiger partial charge in [-0.1, -0.05) is 13.0 Å². The van der Waals surface area contributed by atoms with Crippen LogP contribution in [0, 0.1) is 5.92 Å². The zero-order valence-electron chi connectivity index (χ0n) is 10.2. The second-order valence-electron chi connectivity index (χ2n) is 5.19. The summed E-state index contributed by atoms with van der Waals surface area (Å²) >= 11 is 0. The van der Waals surface area contributed by atoms with Crippen LogP contribution < -0.4 is 5.32 Å². The van der Waals surface area contributed by atoms with Crippen molar-refractivity contribution in [3.05, 3.63) is 29.3 Å². The minimum atomic E-state index is 0.186. The van der Waals surface area contributed by atoms with E-state index in [0.29, 0.717) is 5.92 Å². The van der Waals surface area contributed by atoms with Gasteiger partial charge < -0.3 is 10.2 Å². The number of nitrogens with one attached hydrogen (secondary N) is 1. The standard InChI is InChI=1S/C14H18N2O/c1-10-5-7-16(9-10)14(17)12-3-2-11-4-6-15-13(11)8-12/h2-3,8,10,15H,4-7,9H2,1H3. The second kappa shape index (κ2) is 4.06. The quantitative estimate of drug-likeness (QED) is 0.801. The fourth-order valence-electron chi connectivity index (χ4n) is 2.73. The summed E-state index contributed by atoms with van der Waals surface area (Å²) in [5.74, 6) is 0.831. The first-order valence-corrected chi connectivity index (χ1v) is 6.40. The van der Waals surface area contributed by atoms with Crippen molar-refractivity contribution in [3.63, 3.8) is 0 Å². The fourth-order valence-corrected chi connectivity index (χ4v) is 2.73. The van der Waals surface area contributed by atoms with Crippen molar-refractivity contribution in [3.8, 4) is 0 Å². The summed E-state index contributed by atoms with van der Waals surface area (Å²) in [5, 5.41) is 3.32. The number of carbonyl (C=O) groups is 1. The van der Waals surface area contributed by atoms with Gasteiger partial charge in [-0.2, -0.15) is 0 Å². The maximum Gasteiger partial charge on any atom is 0.253 e. The van der Waals surface area contributed by atoms with E-state index < -0.39 is 0 Å².